The van der Waals surface area contributed by atoms with Crippen LogP contribution in [-0.2, 0) is 10.0 Å². The van der Waals surface area contributed by atoms with Crippen LogP contribution in [0.2, 0.25) is 0 Å². The zero-order chi connectivity index (χ0) is 14.5. The number of halogens is 2. The van der Waals surface area contributed by atoms with E-state index in [-0.39, 0.29) is 24.9 Å². The maximum Gasteiger partial charge on any atom is 0.248 e. The van der Waals surface area contributed by atoms with E-state index in [1.165, 1.54) is 0 Å². The summed E-state index contributed by atoms with van der Waals surface area (Å²) in [6.07, 6.45) is 0.889. The highest BCUT2D eigenvalue weighted by Gasteiger charge is 2.46. The van der Waals surface area contributed by atoms with Crippen LogP contribution < -0.4 is 0 Å². The molecule has 110 valence electrons. The smallest absolute Gasteiger partial charge is 0.248 e. The van der Waals surface area contributed by atoms with E-state index >= 15 is 0 Å². The topological polar surface area (TPSA) is 57.6 Å². The van der Waals surface area contributed by atoms with Gasteiger partial charge in [-0.1, -0.05) is 6.07 Å². The molecule has 0 spiro atoms. The summed E-state index contributed by atoms with van der Waals surface area (Å²) in [5, 5.41) is 9.79. The van der Waals surface area contributed by atoms with Gasteiger partial charge in [0.25, 0.3) is 0 Å². The van der Waals surface area contributed by atoms with E-state index in [0.717, 1.165) is 28.9 Å². The van der Waals surface area contributed by atoms with E-state index in [1.807, 2.05) is 0 Å². The van der Waals surface area contributed by atoms with E-state index < -0.39 is 32.7 Å². The molecule has 1 aromatic carbocycles. The Hall–Kier alpha value is -1.05. The Kier molecular flexibility index (Phi) is 3.30. The van der Waals surface area contributed by atoms with Crippen molar-refractivity contribution in [1.82, 2.24) is 4.31 Å². The van der Waals surface area contributed by atoms with Gasteiger partial charge in [-0.3, -0.25) is 0 Å². The van der Waals surface area contributed by atoms with Crippen LogP contribution in [0.4, 0.5) is 8.78 Å². The van der Waals surface area contributed by atoms with E-state index in [1.54, 1.807) is 0 Å². The first kappa shape index (κ1) is 13.9. The summed E-state index contributed by atoms with van der Waals surface area (Å²) < 4.78 is 53.2. The van der Waals surface area contributed by atoms with Crippen molar-refractivity contribution in [3.05, 3.63) is 29.8 Å². The summed E-state index contributed by atoms with van der Waals surface area (Å²) in [6.45, 7) is 0.347. The highest BCUT2D eigenvalue weighted by molar-refractivity contribution is 7.89. The van der Waals surface area contributed by atoms with Crippen LogP contribution in [0.1, 0.15) is 12.8 Å². The molecule has 20 heavy (non-hydrogen) atoms. The van der Waals surface area contributed by atoms with Crippen molar-refractivity contribution in [2.24, 2.45) is 11.8 Å². The number of fused-ring (bicyclic) bond motifs is 1. The van der Waals surface area contributed by atoms with Crippen molar-refractivity contribution in [3.8, 4) is 0 Å². The molecular weight excluding hydrogens is 288 g/mol. The maximum atomic E-state index is 13.7. The van der Waals surface area contributed by atoms with Gasteiger partial charge in [-0.2, -0.15) is 4.31 Å². The predicted octanol–water partition coefficient (Wildman–Crippen LogP) is 1.36. The lowest BCUT2D eigenvalue weighted by atomic mass is 10.00. The molecule has 1 heterocycles. The van der Waals surface area contributed by atoms with Gasteiger partial charge in [0.05, 0.1) is 6.10 Å². The van der Waals surface area contributed by atoms with E-state index in [9.17, 15) is 22.3 Å². The number of hydrogen-bond donors (Lipinski definition) is 1. The Morgan fingerprint density at radius 2 is 1.80 bits per heavy atom. The first-order valence-electron chi connectivity index (χ1n) is 6.53. The van der Waals surface area contributed by atoms with Gasteiger partial charge in [-0.15, -0.1) is 0 Å². The monoisotopic (exact) mass is 303 g/mol. The molecule has 1 aliphatic heterocycles. The first-order chi connectivity index (χ1) is 9.41. The minimum Gasteiger partial charge on any atom is -0.393 e. The zero-order valence-electron chi connectivity index (χ0n) is 10.7. The van der Waals surface area contributed by atoms with Crippen LogP contribution in [0, 0.1) is 23.5 Å². The molecule has 2 aliphatic rings. The first-order valence-corrected chi connectivity index (χ1v) is 7.97. The van der Waals surface area contributed by atoms with Crippen molar-refractivity contribution < 1.29 is 22.3 Å². The van der Waals surface area contributed by atoms with Crippen LogP contribution in [0.15, 0.2) is 23.1 Å². The van der Waals surface area contributed by atoms with Crippen molar-refractivity contribution in [2.75, 3.05) is 13.1 Å². The molecule has 4 nitrogen and oxygen atoms in total. The number of sulfonamides is 1. The van der Waals surface area contributed by atoms with Crippen LogP contribution in [0.25, 0.3) is 0 Å². The molecule has 3 unspecified atom stereocenters. The average Bonchev–Trinajstić information content (AvgIpc) is 2.92. The standard InChI is InChI=1S/C13H15F2NO3S/c14-10-2-1-3-11(15)13(10)20(18,19)16-6-8-4-5-12(17)9(8)7-16/h1-3,8-9,12,17H,4-7H2. The van der Waals surface area contributed by atoms with Gasteiger partial charge in [0.2, 0.25) is 10.0 Å². The number of aliphatic hydroxyl groups is 1. The highest BCUT2D eigenvalue weighted by Crippen LogP contribution is 2.40. The van der Waals surface area contributed by atoms with E-state index in [4.69, 9.17) is 0 Å². The van der Waals surface area contributed by atoms with E-state index in [0.29, 0.717) is 6.42 Å². The Bertz CT molecular complexity index is 614. The number of rotatable bonds is 2. The van der Waals surface area contributed by atoms with Crippen LogP contribution in [0.3, 0.4) is 0 Å². The Labute approximate surface area is 116 Å². The molecule has 0 radical (unpaired) electrons. The van der Waals surface area contributed by atoms with Gasteiger partial charge in [-0.25, -0.2) is 17.2 Å². The molecule has 1 N–H and O–H groups in total. The van der Waals surface area contributed by atoms with Gasteiger partial charge in [0.1, 0.15) is 11.6 Å². The third-order valence-corrected chi connectivity index (χ3v) is 6.19. The zero-order valence-corrected chi connectivity index (χ0v) is 11.5. The Morgan fingerprint density at radius 3 is 2.40 bits per heavy atom. The normalized spacial score (nSPS) is 30.6. The second-order valence-electron chi connectivity index (χ2n) is 5.44. The quantitative estimate of drug-likeness (QED) is 0.897. The Morgan fingerprint density at radius 1 is 1.15 bits per heavy atom. The predicted molar refractivity (Wildman–Crippen MR) is 67.3 cm³/mol. The van der Waals surface area contributed by atoms with Crippen LogP contribution in [0.5, 0.6) is 0 Å². The molecule has 3 rings (SSSR count). The second kappa shape index (κ2) is 4.75. The fourth-order valence-electron chi connectivity index (χ4n) is 3.25. The molecule has 1 aliphatic carbocycles. The molecule has 1 saturated heterocycles. The molecule has 2 fully saturated rings. The van der Waals surface area contributed by atoms with Gasteiger partial charge < -0.3 is 5.11 Å². The van der Waals surface area contributed by atoms with Crippen molar-refractivity contribution in [2.45, 2.75) is 23.8 Å². The molecule has 0 aromatic heterocycles. The highest BCUT2D eigenvalue weighted by atomic mass is 32.2. The third-order valence-electron chi connectivity index (χ3n) is 4.30. The minimum absolute atomic E-state index is 0.0783. The van der Waals surface area contributed by atoms with Gasteiger partial charge >= 0.3 is 0 Å². The summed E-state index contributed by atoms with van der Waals surface area (Å²) in [5.74, 6) is -2.21. The van der Waals surface area contributed by atoms with Crippen molar-refractivity contribution in [1.29, 1.82) is 0 Å². The lowest BCUT2D eigenvalue weighted by Crippen LogP contribution is -2.32. The fourth-order valence-corrected chi connectivity index (χ4v) is 4.89. The molecule has 3 atom stereocenters. The van der Waals surface area contributed by atoms with Crippen molar-refractivity contribution >= 4 is 10.0 Å². The van der Waals surface area contributed by atoms with Gasteiger partial charge in [-0.05, 0) is 30.9 Å². The molecular formula is C13H15F2NO3S. The molecule has 1 saturated carbocycles. The third kappa shape index (κ3) is 2.04. The number of benzene rings is 1. The van der Waals surface area contributed by atoms with Crippen molar-refractivity contribution in [3.63, 3.8) is 0 Å². The summed E-state index contributed by atoms with van der Waals surface area (Å²) in [6, 6.07) is 3.00. The number of aliphatic hydroxyl groups excluding tert-OH is 1. The summed E-state index contributed by atoms with van der Waals surface area (Å²) >= 11 is 0. The summed E-state index contributed by atoms with van der Waals surface area (Å²) in [7, 11) is -4.19. The lowest BCUT2D eigenvalue weighted by molar-refractivity contribution is 0.129. The molecule has 1 aromatic rings. The van der Waals surface area contributed by atoms with Gasteiger partial charge in [0, 0.05) is 19.0 Å². The average molecular weight is 303 g/mol. The van der Waals surface area contributed by atoms with E-state index in [2.05, 4.69) is 0 Å². The second-order valence-corrected chi connectivity index (χ2v) is 7.32. The maximum absolute atomic E-state index is 13.7. The molecule has 0 bridgehead atoms. The number of hydrogen-bond acceptors (Lipinski definition) is 3. The Balaban J connectivity index is 1.94. The van der Waals surface area contributed by atoms with Gasteiger partial charge in [0.15, 0.2) is 4.90 Å². The SMILES string of the molecule is O=S(=O)(c1c(F)cccc1F)N1CC2CCC(O)C2C1. The molecule has 0 amide bonds. The van der Waals surface area contributed by atoms with Crippen LogP contribution in [-0.4, -0.2) is 37.0 Å². The fraction of sp³-hybridized carbons (Fsp3) is 0.538. The number of nitrogens with zero attached hydrogens (tertiary/aromatic N) is 1. The lowest BCUT2D eigenvalue weighted by Gasteiger charge is -2.19. The minimum atomic E-state index is -4.19. The summed E-state index contributed by atoms with van der Waals surface area (Å²) in [5.41, 5.74) is 0. The molecule has 7 heteroatoms. The largest absolute Gasteiger partial charge is 0.393 e. The van der Waals surface area contributed by atoms with Crippen LogP contribution >= 0.6 is 0 Å². The summed E-state index contributed by atoms with van der Waals surface area (Å²) in [4.78, 5) is -0.894.